The van der Waals surface area contributed by atoms with E-state index in [1.165, 1.54) is 12.7 Å². The average molecular weight is 412 g/mol. The average Bonchev–Trinajstić information content (AvgIpc) is 3.42. The van der Waals surface area contributed by atoms with E-state index in [4.69, 9.17) is 9.47 Å². The summed E-state index contributed by atoms with van der Waals surface area (Å²) in [5.74, 6) is -0.0710. The van der Waals surface area contributed by atoms with Gasteiger partial charge in [-0.15, -0.1) is 0 Å². The molecule has 2 aliphatic heterocycles. The van der Waals surface area contributed by atoms with Gasteiger partial charge in [0.25, 0.3) is 5.91 Å². The van der Waals surface area contributed by atoms with Crippen LogP contribution in [-0.4, -0.2) is 73.3 Å². The second-order valence-corrected chi connectivity index (χ2v) is 7.20. The molecular formula is C19H20N6O5. The summed E-state index contributed by atoms with van der Waals surface area (Å²) in [5, 5.41) is 26.2. The summed E-state index contributed by atoms with van der Waals surface area (Å²) < 4.78 is 13.5. The Kier molecular flexibility index (Phi) is 4.49. The number of nitrogens with one attached hydrogen (secondary N) is 2. The van der Waals surface area contributed by atoms with Crippen molar-refractivity contribution < 1.29 is 24.5 Å². The first kappa shape index (κ1) is 19.0. The molecule has 3 aromatic rings. The summed E-state index contributed by atoms with van der Waals surface area (Å²) in [7, 11) is 1.66. The molecule has 0 aliphatic carbocycles. The second kappa shape index (κ2) is 7.07. The van der Waals surface area contributed by atoms with E-state index in [2.05, 4.69) is 25.6 Å². The number of hydrogen-bond donors (Lipinski definition) is 4. The zero-order valence-corrected chi connectivity index (χ0v) is 16.0. The van der Waals surface area contributed by atoms with Crippen LogP contribution in [0.5, 0.6) is 0 Å². The molecule has 1 unspecified atom stereocenters. The van der Waals surface area contributed by atoms with Crippen LogP contribution in [0, 0.1) is 0 Å². The molecule has 0 spiro atoms. The van der Waals surface area contributed by atoms with Gasteiger partial charge in [-0.3, -0.25) is 14.7 Å². The van der Waals surface area contributed by atoms with Gasteiger partial charge in [0.05, 0.1) is 12.9 Å². The Morgan fingerprint density at radius 2 is 2.07 bits per heavy atom. The third kappa shape index (κ3) is 2.64. The fourth-order valence-electron chi connectivity index (χ4n) is 4.07. The molecule has 11 nitrogen and oxygen atoms in total. The van der Waals surface area contributed by atoms with Crippen LogP contribution in [0.25, 0.3) is 11.2 Å². The van der Waals surface area contributed by atoms with Crippen LogP contribution in [0.2, 0.25) is 0 Å². The van der Waals surface area contributed by atoms with Gasteiger partial charge in [-0.1, -0.05) is 18.2 Å². The molecule has 0 radical (unpaired) electrons. The second-order valence-electron chi connectivity index (χ2n) is 7.20. The predicted octanol–water partition coefficient (Wildman–Crippen LogP) is -0.356. The molecule has 5 atom stereocenters. The molecular weight excluding hydrogens is 392 g/mol. The van der Waals surface area contributed by atoms with Crippen LogP contribution in [0.15, 0.2) is 43.0 Å². The van der Waals surface area contributed by atoms with Gasteiger partial charge in [-0.05, 0) is 19.2 Å². The van der Waals surface area contributed by atoms with Gasteiger partial charge in [0.2, 0.25) is 0 Å². The molecule has 2 aromatic heterocycles. The number of carbonyl (C=O) groups excluding carboxylic acids is 1. The summed E-state index contributed by atoms with van der Waals surface area (Å²) in [6.45, 7) is -0.424. The summed E-state index contributed by atoms with van der Waals surface area (Å²) in [4.78, 5) is 25.2. The lowest BCUT2D eigenvalue weighted by Gasteiger charge is -2.36. The molecule has 2 bridgehead atoms. The fraction of sp³-hybridized carbons (Fsp3) is 0.368. The summed E-state index contributed by atoms with van der Waals surface area (Å²) in [6, 6.07) is 8.76. The lowest BCUT2D eigenvalue weighted by molar-refractivity contribution is -0.228. The van der Waals surface area contributed by atoms with E-state index in [1.54, 1.807) is 35.9 Å². The maximum Gasteiger partial charge on any atom is 0.256 e. The monoisotopic (exact) mass is 412 g/mol. The number of aromatic nitrogens is 4. The first-order valence-electron chi connectivity index (χ1n) is 9.42. The van der Waals surface area contributed by atoms with Crippen molar-refractivity contribution >= 4 is 22.9 Å². The van der Waals surface area contributed by atoms with Crippen molar-refractivity contribution in [2.75, 3.05) is 19.0 Å². The molecule has 5 rings (SSSR count). The molecule has 2 saturated heterocycles. The van der Waals surface area contributed by atoms with Crippen molar-refractivity contribution in [3.05, 3.63) is 48.5 Å². The van der Waals surface area contributed by atoms with Gasteiger partial charge in [-0.2, -0.15) is 0 Å². The smallest absolute Gasteiger partial charge is 0.256 e. The van der Waals surface area contributed by atoms with E-state index in [0.29, 0.717) is 16.7 Å². The Balaban J connectivity index is 1.47. The maximum atomic E-state index is 12.5. The molecule has 4 heterocycles. The van der Waals surface area contributed by atoms with Gasteiger partial charge >= 0.3 is 0 Å². The number of carbonyl (C=O) groups is 1. The molecule has 1 amide bonds. The molecule has 2 aliphatic rings. The van der Waals surface area contributed by atoms with Gasteiger partial charge in [-0.25, -0.2) is 15.0 Å². The van der Waals surface area contributed by atoms with Crippen LogP contribution in [-0.2, 0) is 9.47 Å². The van der Waals surface area contributed by atoms with E-state index in [9.17, 15) is 15.0 Å². The largest absolute Gasteiger partial charge is 0.393 e. The summed E-state index contributed by atoms with van der Waals surface area (Å²) >= 11 is 0. The Morgan fingerprint density at radius 1 is 1.27 bits per heavy atom. The van der Waals surface area contributed by atoms with E-state index >= 15 is 0 Å². The Morgan fingerprint density at radius 3 is 2.80 bits per heavy atom. The van der Waals surface area contributed by atoms with E-state index < -0.39 is 36.9 Å². The molecule has 1 aromatic carbocycles. The number of aliphatic hydroxyl groups excluding tert-OH is 2. The van der Waals surface area contributed by atoms with Crippen molar-refractivity contribution in [2.24, 2.45) is 0 Å². The highest BCUT2D eigenvalue weighted by Crippen LogP contribution is 2.48. The number of hydrogen-bond acceptors (Lipinski definition) is 9. The molecule has 156 valence electrons. The first-order chi connectivity index (χ1) is 14.6. The number of benzene rings is 1. The summed E-state index contributed by atoms with van der Waals surface area (Å²) in [6.07, 6.45) is -0.383. The lowest BCUT2D eigenvalue weighted by atomic mass is 9.98. The molecule has 2 fully saturated rings. The third-order valence-electron chi connectivity index (χ3n) is 5.58. The van der Waals surface area contributed by atoms with Crippen LogP contribution in [0.4, 0.5) is 5.82 Å². The van der Waals surface area contributed by atoms with Gasteiger partial charge in [0.1, 0.15) is 24.8 Å². The number of amides is 1. The fourth-order valence-corrected chi connectivity index (χ4v) is 4.07. The topological polar surface area (TPSA) is 144 Å². The minimum atomic E-state index is -1.29. The minimum Gasteiger partial charge on any atom is -0.393 e. The normalized spacial score (nSPS) is 30.1. The SMILES string of the molecule is CNC1O[C@H]2[C@H](n3cnc4c(NC(=O)c5ccccc5)ncnc43)O[C@]1(CO)[C@H]2O. The van der Waals surface area contributed by atoms with E-state index in [-0.39, 0.29) is 11.7 Å². The zero-order chi connectivity index (χ0) is 20.9. The predicted molar refractivity (Wildman–Crippen MR) is 103 cm³/mol. The molecule has 0 saturated carbocycles. The highest BCUT2D eigenvalue weighted by molar-refractivity contribution is 6.06. The third-order valence-corrected chi connectivity index (χ3v) is 5.58. The Bertz CT molecular complexity index is 1090. The molecule has 30 heavy (non-hydrogen) atoms. The van der Waals surface area contributed by atoms with Crippen molar-refractivity contribution in [3.8, 4) is 0 Å². The van der Waals surface area contributed by atoms with Crippen LogP contribution in [0.1, 0.15) is 16.6 Å². The van der Waals surface area contributed by atoms with Crippen molar-refractivity contribution in [1.29, 1.82) is 0 Å². The molecule has 4 N–H and O–H groups in total. The quantitative estimate of drug-likeness (QED) is 0.442. The number of anilines is 1. The zero-order valence-electron chi connectivity index (χ0n) is 16.0. The van der Waals surface area contributed by atoms with Crippen molar-refractivity contribution in [1.82, 2.24) is 24.8 Å². The molecule has 11 heteroatoms. The van der Waals surface area contributed by atoms with Crippen LogP contribution in [0.3, 0.4) is 0 Å². The number of fused-ring (bicyclic) bond motifs is 3. The van der Waals surface area contributed by atoms with Gasteiger partial charge in [0, 0.05) is 5.56 Å². The maximum absolute atomic E-state index is 12.5. The number of nitrogens with zero attached hydrogens (tertiary/aromatic N) is 4. The number of aliphatic hydroxyl groups is 2. The number of rotatable bonds is 5. The van der Waals surface area contributed by atoms with Crippen LogP contribution >= 0.6 is 0 Å². The highest BCUT2D eigenvalue weighted by Gasteiger charge is 2.66. The number of imidazole rings is 1. The van der Waals surface area contributed by atoms with Gasteiger partial charge < -0.3 is 25.0 Å². The highest BCUT2D eigenvalue weighted by atomic mass is 16.7. The van der Waals surface area contributed by atoms with Gasteiger partial charge in [0.15, 0.2) is 28.8 Å². The summed E-state index contributed by atoms with van der Waals surface area (Å²) in [5.41, 5.74) is -0.0424. The Hall–Kier alpha value is -2.96. The minimum absolute atomic E-state index is 0.252. The first-order valence-corrected chi connectivity index (χ1v) is 9.42. The number of ether oxygens (including phenoxy) is 2. The Labute approximate surface area is 170 Å². The van der Waals surface area contributed by atoms with Crippen LogP contribution < -0.4 is 10.6 Å². The van der Waals surface area contributed by atoms with E-state index in [0.717, 1.165) is 0 Å². The standard InChI is InChI=1S/C19H20N6O5/c1-20-18-19(7-26)13(27)12(29-18)17(30-19)25-9-23-11-14(21-8-22-15(11)25)24-16(28)10-5-3-2-4-6-10/h2-6,8-9,12-13,17-18,20,26-27H,7H2,1H3,(H,21,22,24,28)/t12-,13+,17-,18?,19-/m1/s1. The van der Waals surface area contributed by atoms with Crippen molar-refractivity contribution in [2.45, 2.75) is 30.3 Å². The van der Waals surface area contributed by atoms with E-state index in [1.807, 2.05) is 6.07 Å². The number of likely N-dealkylation sites (N-methyl/N-ethyl adjacent to an activating group) is 1. The lowest BCUT2D eigenvalue weighted by Crippen LogP contribution is -2.55. The van der Waals surface area contributed by atoms with Crippen molar-refractivity contribution in [3.63, 3.8) is 0 Å².